The minimum absolute atomic E-state index is 0.104. The monoisotopic (exact) mass is 278 g/mol. The molecule has 0 spiro atoms. The molecule has 1 atom stereocenters. The van der Waals surface area contributed by atoms with Gasteiger partial charge in [-0.3, -0.25) is 14.5 Å². The molecule has 0 aromatic carbocycles. The Balaban J connectivity index is 2.14. The molecule has 1 aromatic heterocycles. The van der Waals surface area contributed by atoms with Gasteiger partial charge < -0.3 is 9.47 Å². The molecule has 106 valence electrons. The quantitative estimate of drug-likeness (QED) is 0.744. The lowest BCUT2D eigenvalue weighted by Crippen LogP contribution is -2.27. The second-order valence-electron chi connectivity index (χ2n) is 4.33. The molecular formula is C13H14N2O5. The van der Waals surface area contributed by atoms with E-state index in [0.29, 0.717) is 11.4 Å². The number of methoxy groups -OCH3 is 2. The van der Waals surface area contributed by atoms with Crippen molar-refractivity contribution in [1.29, 1.82) is 0 Å². The molecule has 0 aliphatic carbocycles. The standard InChI is InChI=1S/C13H14N2O5/c1-19-12(17)8-3-4-10(14-6-8)15-7-9(5-11(15)16)13(18)20-2/h3-4,6,9H,5,7H2,1-2H3. The van der Waals surface area contributed by atoms with Crippen molar-refractivity contribution in [1.82, 2.24) is 4.98 Å². The van der Waals surface area contributed by atoms with Crippen molar-refractivity contribution in [3.05, 3.63) is 23.9 Å². The third-order valence-corrected chi connectivity index (χ3v) is 3.11. The van der Waals surface area contributed by atoms with Crippen LogP contribution in [-0.2, 0) is 19.1 Å². The summed E-state index contributed by atoms with van der Waals surface area (Å²) in [5, 5.41) is 0. The molecule has 1 aliphatic rings. The zero-order valence-corrected chi connectivity index (χ0v) is 11.2. The molecule has 7 heteroatoms. The zero-order valence-electron chi connectivity index (χ0n) is 11.2. The van der Waals surface area contributed by atoms with E-state index in [-0.39, 0.29) is 18.9 Å². The SMILES string of the molecule is COC(=O)c1ccc(N2CC(C(=O)OC)CC2=O)nc1. The maximum absolute atomic E-state index is 11.9. The summed E-state index contributed by atoms with van der Waals surface area (Å²) < 4.78 is 9.20. The van der Waals surface area contributed by atoms with Crippen LogP contribution in [0.25, 0.3) is 0 Å². The van der Waals surface area contributed by atoms with E-state index >= 15 is 0 Å². The van der Waals surface area contributed by atoms with Crippen LogP contribution in [0.2, 0.25) is 0 Å². The predicted octanol–water partition coefficient (Wildman–Crippen LogP) is 0.394. The highest BCUT2D eigenvalue weighted by Crippen LogP contribution is 2.24. The number of carbonyl (C=O) groups excluding carboxylic acids is 3. The van der Waals surface area contributed by atoms with Crippen LogP contribution in [0, 0.1) is 5.92 Å². The molecule has 2 heterocycles. The van der Waals surface area contributed by atoms with E-state index in [2.05, 4.69) is 14.5 Å². The van der Waals surface area contributed by atoms with Gasteiger partial charge in [0.05, 0.1) is 25.7 Å². The lowest BCUT2D eigenvalue weighted by Gasteiger charge is -2.15. The van der Waals surface area contributed by atoms with Crippen LogP contribution < -0.4 is 4.90 Å². The number of carbonyl (C=O) groups is 3. The number of nitrogens with zero attached hydrogens (tertiary/aromatic N) is 2. The van der Waals surface area contributed by atoms with Crippen LogP contribution in [0.5, 0.6) is 0 Å². The van der Waals surface area contributed by atoms with Crippen LogP contribution in [0.3, 0.4) is 0 Å². The second-order valence-corrected chi connectivity index (χ2v) is 4.33. The van der Waals surface area contributed by atoms with E-state index in [1.165, 1.54) is 31.4 Å². The van der Waals surface area contributed by atoms with Gasteiger partial charge in [0, 0.05) is 19.2 Å². The maximum Gasteiger partial charge on any atom is 0.339 e. The third kappa shape index (κ3) is 2.61. The smallest absolute Gasteiger partial charge is 0.339 e. The lowest BCUT2D eigenvalue weighted by atomic mass is 10.1. The van der Waals surface area contributed by atoms with Gasteiger partial charge in [0.1, 0.15) is 5.82 Å². The number of anilines is 1. The summed E-state index contributed by atoms with van der Waals surface area (Å²) in [6.45, 7) is 0.232. The van der Waals surface area contributed by atoms with Gasteiger partial charge in [0.15, 0.2) is 0 Å². The van der Waals surface area contributed by atoms with E-state index in [1.54, 1.807) is 6.07 Å². The van der Waals surface area contributed by atoms with Crippen molar-refractivity contribution in [3.63, 3.8) is 0 Å². The Labute approximate surface area is 115 Å². The van der Waals surface area contributed by atoms with Crippen molar-refractivity contribution < 1.29 is 23.9 Å². The Morgan fingerprint density at radius 3 is 2.60 bits per heavy atom. The number of pyridine rings is 1. The first-order valence-corrected chi connectivity index (χ1v) is 5.99. The number of hydrogen-bond acceptors (Lipinski definition) is 6. The number of rotatable bonds is 3. The highest BCUT2D eigenvalue weighted by atomic mass is 16.5. The van der Waals surface area contributed by atoms with Crippen LogP contribution >= 0.6 is 0 Å². The van der Waals surface area contributed by atoms with Gasteiger partial charge in [-0.25, -0.2) is 9.78 Å². The normalized spacial score (nSPS) is 18.0. The number of hydrogen-bond donors (Lipinski definition) is 0. The average molecular weight is 278 g/mol. The van der Waals surface area contributed by atoms with Crippen molar-refractivity contribution in [2.45, 2.75) is 6.42 Å². The first kappa shape index (κ1) is 14.0. The fourth-order valence-electron chi connectivity index (χ4n) is 2.04. The first-order valence-electron chi connectivity index (χ1n) is 5.99. The zero-order chi connectivity index (χ0) is 14.7. The minimum atomic E-state index is -0.496. The molecule has 2 rings (SSSR count). The number of aromatic nitrogens is 1. The molecule has 1 aliphatic heterocycles. The molecular weight excluding hydrogens is 264 g/mol. The van der Waals surface area contributed by atoms with Crippen LogP contribution in [0.15, 0.2) is 18.3 Å². The number of amides is 1. The van der Waals surface area contributed by atoms with E-state index < -0.39 is 17.9 Å². The van der Waals surface area contributed by atoms with E-state index in [9.17, 15) is 14.4 Å². The minimum Gasteiger partial charge on any atom is -0.469 e. The van der Waals surface area contributed by atoms with Gasteiger partial charge in [-0.2, -0.15) is 0 Å². The number of ether oxygens (including phenoxy) is 2. The lowest BCUT2D eigenvalue weighted by molar-refractivity contribution is -0.145. The average Bonchev–Trinajstić information content (AvgIpc) is 2.87. The summed E-state index contributed by atoms with van der Waals surface area (Å²) in [7, 11) is 2.57. The first-order chi connectivity index (χ1) is 9.56. The molecule has 1 aromatic rings. The van der Waals surface area contributed by atoms with Gasteiger partial charge in [0.2, 0.25) is 5.91 Å². The van der Waals surface area contributed by atoms with E-state index in [4.69, 9.17) is 0 Å². The molecule has 0 radical (unpaired) electrons. The van der Waals surface area contributed by atoms with E-state index in [1.807, 2.05) is 0 Å². The fourth-order valence-corrected chi connectivity index (χ4v) is 2.04. The Morgan fingerprint density at radius 1 is 1.30 bits per heavy atom. The molecule has 20 heavy (non-hydrogen) atoms. The number of esters is 2. The molecule has 0 N–H and O–H groups in total. The summed E-state index contributed by atoms with van der Waals surface area (Å²) in [5.74, 6) is -1.18. The van der Waals surface area contributed by atoms with E-state index in [0.717, 1.165) is 0 Å². The van der Waals surface area contributed by atoms with Crippen LogP contribution in [0.4, 0.5) is 5.82 Å². The Morgan fingerprint density at radius 2 is 2.05 bits per heavy atom. The highest BCUT2D eigenvalue weighted by molar-refractivity contribution is 5.99. The molecule has 1 saturated heterocycles. The Kier molecular flexibility index (Phi) is 3.97. The van der Waals surface area contributed by atoms with Gasteiger partial charge in [-0.1, -0.05) is 0 Å². The summed E-state index contributed by atoms with van der Waals surface area (Å²) in [5.41, 5.74) is 0.299. The van der Waals surface area contributed by atoms with Crippen LogP contribution in [0.1, 0.15) is 16.8 Å². The van der Waals surface area contributed by atoms with Crippen molar-refractivity contribution in [2.75, 3.05) is 25.7 Å². The summed E-state index contributed by atoms with van der Waals surface area (Å²) in [4.78, 5) is 40.0. The topological polar surface area (TPSA) is 85.8 Å². The van der Waals surface area contributed by atoms with Crippen molar-refractivity contribution >= 4 is 23.7 Å². The van der Waals surface area contributed by atoms with Gasteiger partial charge in [0.25, 0.3) is 0 Å². The summed E-state index contributed by atoms with van der Waals surface area (Å²) in [6.07, 6.45) is 1.44. The van der Waals surface area contributed by atoms with Crippen LogP contribution in [-0.4, -0.2) is 43.6 Å². The Bertz CT molecular complexity index is 540. The van der Waals surface area contributed by atoms with Crippen molar-refractivity contribution in [2.24, 2.45) is 5.92 Å². The molecule has 7 nitrogen and oxygen atoms in total. The Hall–Kier alpha value is -2.44. The summed E-state index contributed by atoms with van der Waals surface area (Å²) >= 11 is 0. The van der Waals surface area contributed by atoms with Gasteiger partial charge >= 0.3 is 11.9 Å². The highest BCUT2D eigenvalue weighted by Gasteiger charge is 2.36. The molecule has 1 fully saturated rings. The second kappa shape index (κ2) is 5.68. The molecule has 0 bridgehead atoms. The maximum atomic E-state index is 11.9. The van der Waals surface area contributed by atoms with Crippen molar-refractivity contribution in [3.8, 4) is 0 Å². The molecule has 0 saturated carbocycles. The van der Waals surface area contributed by atoms with Gasteiger partial charge in [-0.15, -0.1) is 0 Å². The third-order valence-electron chi connectivity index (χ3n) is 3.11. The molecule has 1 unspecified atom stereocenters. The summed E-state index contributed by atoms with van der Waals surface area (Å²) in [6, 6.07) is 3.07. The predicted molar refractivity (Wildman–Crippen MR) is 68.1 cm³/mol. The fraction of sp³-hybridized carbons (Fsp3) is 0.385. The molecule has 1 amide bonds. The largest absolute Gasteiger partial charge is 0.469 e. The van der Waals surface area contributed by atoms with Gasteiger partial charge in [-0.05, 0) is 12.1 Å².